The number of nitrogens with zero attached hydrogens (tertiary/aromatic N) is 1. The number of pyridine rings is 1. The quantitative estimate of drug-likeness (QED) is 0.896. The Kier molecular flexibility index (Phi) is 4.21. The van der Waals surface area contributed by atoms with E-state index in [1.54, 1.807) is 0 Å². The fourth-order valence-electron chi connectivity index (χ4n) is 1.51. The Hall–Kier alpha value is -1.01. The standard InChI is InChI=1S/C10H11F3N2O.ClH/c11-10(12,13)9-2-1-7(5-15-9)16-8-3-6(14)4-8;/h1-2,5-6,8H,3-4,14H2;1H/t6-,8+;. The zero-order valence-electron chi connectivity index (χ0n) is 8.78. The number of alkyl halides is 3. The Morgan fingerprint density at radius 1 is 1.29 bits per heavy atom. The van der Waals surface area contributed by atoms with Crippen molar-refractivity contribution in [1.82, 2.24) is 4.98 Å². The molecular weight excluding hydrogens is 257 g/mol. The molecule has 1 aliphatic carbocycles. The Bertz CT molecular complexity index is 363. The first kappa shape index (κ1) is 14.1. The van der Waals surface area contributed by atoms with Crippen molar-refractivity contribution >= 4 is 12.4 Å². The summed E-state index contributed by atoms with van der Waals surface area (Å²) in [6.45, 7) is 0. The number of nitrogens with two attached hydrogens (primary N) is 1. The fourth-order valence-corrected chi connectivity index (χ4v) is 1.51. The number of aromatic nitrogens is 1. The summed E-state index contributed by atoms with van der Waals surface area (Å²) in [5.74, 6) is 0.352. The molecule has 96 valence electrons. The lowest BCUT2D eigenvalue weighted by Gasteiger charge is -2.32. The molecule has 0 unspecified atom stereocenters. The average molecular weight is 269 g/mol. The van der Waals surface area contributed by atoms with Gasteiger partial charge in [-0.05, 0) is 25.0 Å². The largest absolute Gasteiger partial charge is 0.489 e. The number of rotatable bonds is 2. The summed E-state index contributed by atoms with van der Waals surface area (Å²) in [6.07, 6.45) is -1.83. The van der Waals surface area contributed by atoms with Gasteiger partial charge in [-0.2, -0.15) is 13.2 Å². The molecule has 1 aromatic rings. The van der Waals surface area contributed by atoms with Crippen molar-refractivity contribution in [3.63, 3.8) is 0 Å². The van der Waals surface area contributed by atoms with Gasteiger partial charge < -0.3 is 10.5 Å². The number of hydrogen-bond donors (Lipinski definition) is 1. The lowest BCUT2D eigenvalue weighted by molar-refractivity contribution is -0.141. The van der Waals surface area contributed by atoms with Gasteiger partial charge in [0.15, 0.2) is 0 Å². The van der Waals surface area contributed by atoms with Crippen molar-refractivity contribution in [2.45, 2.75) is 31.2 Å². The summed E-state index contributed by atoms with van der Waals surface area (Å²) in [4.78, 5) is 3.30. The zero-order chi connectivity index (χ0) is 11.8. The van der Waals surface area contributed by atoms with Crippen LogP contribution in [-0.2, 0) is 6.18 Å². The molecule has 0 aromatic carbocycles. The van der Waals surface area contributed by atoms with E-state index in [0.29, 0.717) is 5.75 Å². The molecule has 0 atom stereocenters. The molecule has 1 fully saturated rings. The molecule has 1 heterocycles. The highest BCUT2D eigenvalue weighted by Crippen LogP contribution is 2.29. The summed E-state index contributed by atoms with van der Waals surface area (Å²) in [5, 5.41) is 0. The second-order valence-corrected chi connectivity index (χ2v) is 3.85. The van der Waals surface area contributed by atoms with Crippen LogP contribution in [0, 0.1) is 0 Å². The van der Waals surface area contributed by atoms with Gasteiger partial charge in [-0.15, -0.1) is 12.4 Å². The molecule has 1 aromatic heterocycles. The van der Waals surface area contributed by atoms with Gasteiger partial charge in [0.1, 0.15) is 17.5 Å². The van der Waals surface area contributed by atoms with E-state index >= 15 is 0 Å². The van der Waals surface area contributed by atoms with E-state index in [1.165, 1.54) is 6.07 Å². The van der Waals surface area contributed by atoms with E-state index in [4.69, 9.17) is 10.5 Å². The predicted molar refractivity (Wildman–Crippen MR) is 58.1 cm³/mol. The Balaban J connectivity index is 0.00000144. The molecular formula is C10H12ClF3N2O. The van der Waals surface area contributed by atoms with Crippen LogP contribution < -0.4 is 10.5 Å². The van der Waals surface area contributed by atoms with Crippen LogP contribution >= 0.6 is 12.4 Å². The van der Waals surface area contributed by atoms with Crippen LogP contribution in [0.15, 0.2) is 18.3 Å². The molecule has 17 heavy (non-hydrogen) atoms. The van der Waals surface area contributed by atoms with Gasteiger partial charge in [0.05, 0.1) is 6.20 Å². The van der Waals surface area contributed by atoms with Crippen molar-refractivity contribution in [2.75, 3.05) is 0 Å². The van der Waals surface area contributed by atoms with Crippen molar-refractivity contribution < 1.29 is 17.9 Å². The molecule has 0 bridgehead atoms. The van der Waals surface area contributed by atoms with Crippen molar-refractivity contribution in [2.24, 2.45) is 5.73 Å². The highest BCUT2D eigenvalue weighted by molar-refractivity contribution is 5.85. The predicted octanol–water partition coefficient (Wildman–Crippen LogP) is 2.39. The Morgan fingerprint density at radius 2 is 1.94 bits per heavy atom. The first-order valence-electron chi connectivity index (χ1n) is 4.90. The molecule has 0 amide bonds. The minimum Gasteiger partial charge on any atom is -0.489 e. The molecule has 0 radical (unpaired) electrons. The molecule has 2 rings (SSSR count). The topological polar surface area (TPSA) is 48.1 Å². The van der Waals surface area contributed by atoms with Crippen LogP contribution in [0.1, 0.15) is 18.5 Å². The smallest absolute Gasteiger partial charge is 0.433 e. The minimum atomic E-state index is -4.41. The second kappa shape index (κ2) is 5.10. The molecule has 0 spiro atoms. The SMILES string of the molecule is Cl.N[C@H]1C[C@@H](Oc2ccc(C(F)(F)F)nc2)C1. The maximum atomic E-state index is 12.2. The molecule has 1 saturated carbocycles. The van der Waals surface area contributed by atoms with Crippen LogP contribution in [0.4, 0.5) is 13.2 Å². The first-order valence-corrected chi connectivity index (χ1v) is 4.90. The van der Waals surface area contributed by atoms with E-state index in [2.05, 4.69) is 4.98 Å². The van der Waals surface area contributed by atoms with Crippen LogP contribution in [0.2, 0.25) is 0 Å². The molecule has 0 saturated heterocycles. The normalized spacial score (nSPS) is 23.5. The van der Waals surface area contributed by atoms with Gasteiger partial charge in [-0.1, -0.05) is 0 Å². The highest BCUT2D eigenvalue weighted by Gasteiger charge is 2.32. The molecule has 2 N–H and O–H groups in total. The van der Waals surface area contributed by atoms with E-state index in [9.17, 15) is 13.2 Å². The molecule has 3 nitrogen and oxygen atoms in total. The van der Waals surface area contributed by atoms with Gasteiger partial charge >= 0.3 is 6.18 Å². The second-order valence-electron chi connectivity index (χ2n) is 3.85. The maximum absolute atomic E-state index is 12.2. The van der Waals surface area contributed by atoms with E-state index in [0.717, 1.165) is 25.1 Å². The van der Waals surface area contributed by atoms with E-state index in [1.807, 2.05) is 0 Å². The van der Waals surface area contributed by atoms with Gasteiger partial charge in [0.2, 0.25) is 0 Å². The summed E-state index contributed by atoms with van der Waals surface area (Å²) in [5.41, 5.74) is 4.65. The summed E-state index contributed by atoms with van der Waals surface area (Å²) in [7, 11) is 0. The van der Waals surface area contributed by atoms with Gasteiger partial charge in [0, 0.05) is 6.04 Å². The zero-order valence-corrected chi connectivity index (χ0v) is 9.59. The van der Waals surface area contributed by atoms with Crippen LogP contribution in [-0.4, -0.2) is 17.1 Å². The Morgan fingerprint density at radius 3 is 2.35 bits per heavy atom. The third kappa shape index (κ3) is 3.47. The average Bonchev–Trinajstić information content (AvgIpc) is 2.15. The molecule has 1 aliphatic rings. The van der Waals surface area contributed by atoms with E-state index < -0.39 is 11.9 Å². The summed E-state index contributed by atoms with van der Waals surface area (Å²) >= 11 is 0. The third-order valence-electron chi connectivity index (χ3n) is 2.46. The van der Waals surface area contributed by atoms with Crippen LogP contribution in [0.3, 0.4) is 0 Å². The Labute approximate surface area is 103 Å². The van der Waals surface area contributed by atoms with Crippen LogP contribution in [0.5, 0.6) is 5.75 Å². The number of ether oxygens (including phenoxy) is 1. The first-order chi connectivity index (χ1) is 7.45. The fraction of sp³-hybridized carbons (Fsp3) is 0.500. The highest BCUT2D eigenvalue weighted by atomic mass is 35.5. The molecule has 7 heteroatoms. The third-order valence-corrected chi connectivity index (χ3v) is 2.46. The van der Waals surface area contributed by atoms with Crippen molar-refractivity contribution in [3.05, 3.63) is 24.0 Å². The van der Waals surface area contributed by atoms with Crippen molar-refractivity contribution in [1.29, 1.82) is 0 Å². The van der Waals surface area contributed by atoms with E-state index in [-0.39, 0.29) is 24.6 Å². The number of hydrogen-bond acceptors (Lipinski definition) is 3. The lowest BCUT2D eigenvalue weighted by Crippen LogP contribution is -2.43. The molecule has 0 aliphatic heterocycles. The summed E-state index contributed by atoms with van der Waals surface area (Å²) < 4.78 is 42.0. The van der Waals surface area contributed by atoms with Gasteiger partial charge in [-0.25, -0.2) is 4.98 Å². The van der Waals surface area contributed by atoms with Crippen LogP contribution in [0.25, 0.3) is 0 Å². The van der Waals surface area contributed by atoms with Gasteiger partial charge in [-0.3, -0.25) is 0 Å². The minimum absolute atomic E-state index is 0. The van der Waals surface area contributed by atoms with Crippen molar-refractivity contribution in [3.8, 4) is 5.75 Å². The van der Waals surface area contributed by atoms with Gasteiger partial charge in [0.25, 0.3) is 0 Å². The number of halogens is 4. The lowest BCUT2D eigenvalue weighted by atomic mass is 9.90. The maximum Gasteiger partial charge on any atom is 0.433 e. The summed E-state index contributed by atoms with van der Waals surface area (Å²) in [6, 6.07) is 2.33. The monoisotopic (exact) mass is 268 g/mol.